The summed E-state index contributed by atoms with van der Waals surface area (Å²) in [6, 6.07) is 0.847. The molecule has 2 N–H and O–H groups in total. The summed E-state index contributed by atoms with van der Waals surface area (Å²) >= 11 is 0. The number of nitrogens with one attached hydrogen (secondary N) is 1. The lowest BCUT2D eigenvalue weighted by molar-refractivity contribution is 0.0367. The van der Waals surface area contributed by atoms with Crippen molar-refractivity contribution in [2.75, 3.05) is 32.7 Å². The first-order valence-electron chi connectivity index (χ1n) is 7.16. The first-order valence-corrected chi connectivity index (χ1v) is 7.16. The molecule has 0 aromatic carbocycles. The summed E-state index contributed by atoms with van der Waals surface area (Å²) in [7, 11) is 0. The maximum absolute atomic E-state index is 10.5. The Morgan fingerprint density at radius 2 is 1.83 bits per heavy atom. The zero-order valence-electron chi connectivity index (χ0n) is 10.8. The molecule has 3 aliphatic rings. The Balaban J connectivity index is 1.34. The molecule has 0 aromatic heterocycles. The number of hydrogen-bond acceptors (Lipinski definition) is 3. The van der Waals surface area contributed by atoms with Crippen molar-refractivity contribution in [2.45, 2.75) is 37.8 Å². The first-order chi connectivity index (χ1) is 8.70. The van der Waals surface area contributed by atoms with Gasteiger partial charge < -0.3 is 15.3 Å². The van der Waals surface area contributed by atoms with E-state index in [9.17, 15) is 4.79 Å². The summed E-state index contributed by atoms with van der Waals surface area (Å²) in [6.07, 6.45) is 4.50. The molecule has 102 valence electrons. The van der Waals surface area contributed by atoms with Gasteiger partial charge in [-0.1, -0.05) is 0 Å². The molecule has 0 radical (unpaired) electrons. The Hall–Kier alpha value is -0.810. The highest BCUT2D eigenvalue weighted by Crippen LogP contribution is 2.31. The summed E-state index contributed by atoms with van der Waals surface area (Å²) < 4.78 is 0. The second-order valence-electron chi connectivity index (χ2n) is 6.08. The fourth-order valence-corrected chi connectivity index (χ4v) is 3.21. The number of amides is 1. The lowest BCUT2D eigenvalue weighted by Gasteiger charge is -2.47. The molecule has 1 amide bonds. The molecular weight excluding hydrogens is 230 g/mol. The molecule has 3 rings (SSSR count). The molecule has 18 heavy (non-hydrogen) atoms. The number of hydrogen-bond donors (Lipinski definition) is 2. The normalized spacial score (nSPS) is 28.0. The van der Waals surface area contributed by atoms with Gasteiger partial charge in [-0.05, 0) is 44.7 Å². The van der Waals surface area contributed by atoms with E-state index in [0.29, 0.717) is 6.04 Å². The van der Waals surface area contributed by atoms with E-state index in [1.165, 1.54) is 45.3 Å². The predicted molar refractivity (Wildman–Crippen MR) is 68.7 cm³/mol. The molecule has 0 aromatic rings. The van der Waals surface area contributed by atoms with Gasteiger partial charge in [0, 0.05) is 25.7 Å². The average molecular weight is 253 g/mol. The van der Waals surface area contributed by atoms with Crippen LogP contribution in [0.25, 0.3) is 0 Å². The highest BCUT2D eigenvalue weighted by molar-refractivity contribution is 5.65. The fourth-order valence-electron chi connectivity index (χ4n) is 3.21. The Morgan fingerprint density at radius 3 is 2.39 bits per heavy atom. The first kappa shape index (κ1) is 12.2. The van der Waals surface area contributed by atoms with E-state index < -0.39 is 6.09 Å². The fraction of sp³-hybridized carbons (Fsp3) is 0.923. The topological polar surface area (TPSA) is 55.8 Å². The third-order valence-electron chi connectivity index (χ3n) is 4.52. The third kappa shape index (κ3) is 2.95. The van der Waals surface area contributed by atoms with Crippen molar-refractivity contribution >= 4 is 6.09 Å². The number of piperidine rings is 1. The largest absolute Gasteiger partial charge is 0.465 e. The van der Waals surface area contributed by atoms with Crippen LogP contribution < -0.4 is 5.32 Å². The van der Waals surface area contributed by atoms with E-state index in [4.69, 9.17) is 5.11 Å². The van der Waals surface area contributed by atoms with Crippen molar-refractivity contribution in [1.29, 1.82) is 0 Å². The van der Waals surface area contributed by atoms with E-state index in [1.54, 1.807) is 0 Å². The second kappa shape index (κ2) is 5.05. The minimum atomic E-state index is -0.890. The van der Waals surface area contributed by atoms with Gasteiger partial charge in [-0.25, -0.2) is 4.79 Å². The molecule has 3 fully saturated rings. The van der Waals surface area contributed by atoms with Crippen LogP contribution in [0.2, 0.25) is 0 Å². The van der Waals surface area contributed by atoms with E-state index >= 15 is 0 Å². The lowest BCUT2D eigenvalue weighted by atomic mass is 9.97. The van der Waals surface area contributed by atoms with Gasteiger partial charge >= 0.3 is 6.09 Å². The summed E-state index contributed by atoms with van der Waals surface area (Å²) in [5.41, 5.74) is 0. The van der Waals surface area contributed by atoms with Crippen LogP contribution in [-0.4, -0.2) is 65.8 Å². The van der Waals surface area contributed by atoms with Crippen molar-refractivity contribution in [3.63, 3.8) is 0 Å². The van der Waals surface area contributed by atoms with Crippen molar-refractivity contribution in [2.24, 2.45) is 5.92 Å². The molecule has 5 heteroatoms. The van der Waals surface area contributed by atoms with Crippen molar-refractivity contribution in [3.8, 4) is 0 Å². The Kier molecular flexibility index (Phi) is 3.43. The molecule has 2 heterocycles. The smallest absolute Gasteiger partial charge is 0.404 e. The number of nitrogens with zero attached hydrogens (tertiary/aromatic N) is 2. The van der Waals surface area contributed by atoms with Crippen molar-refractivity contribution in [3.05, 3.63) is 0 Å². The Morgan fingerprint density at radius 1 is 1.17 bits per heavy atom. The van der Waals surface area contributed by atoms with E-state index in [2.05, 4.69) is 15.1 Å². The van der Waals surface area contributed by atoms with Gasteiger partial charge in [-0.15, -0.1) is 0 Å². The number of carbonyl (C=O) groups is 1. The molecule has 2 aliphatic heterocycles. The monoisotopic (exact) mass is 253 g/mol. The average Bonchev–Trinajstić information content (AvgIpc) is 3.08. The zero-order chi connectivity index (χ0) is 12.5. The summed E-state index contributed by atoms with van der Waals surface area (Å²) in [6.45, 7) is 5.58. The highest BCUT2D eigenvalue weighted by Gasteiger charge is 2.35. The van der Waals surface area contributed by atoms with Crippen LogP contribution in [0.1, 0.15) is 25.7 Å². The summed E-state index contributed by atoms with van der Waals surface area (Å²) in [5.74, 6) is 0.995. The molecule has 0 atom stereocenters. The van der Waals surface area contributed by atoms with Crippen LogP contribution in [0.3, 0.4) is 0 Å². The zero-order valence-corrected chi connectivity index (χ0v) is 10.8. The Labute approximate surface area is 108 Å². The third-order valence-corrected chi connectivity index (χ3v) is 4.52. The predicted octanol–water partition coefficient (Wildman–Crippen LogP) is 0.813. The van der Waals surface area contributed by atoms with Gasteiger partial charge in [0.1, 0.15) is 0 Å². The lowest BCUT2D eigenvalue weighted by Crippen LogP contribution is -2.63. The van der Waals surface area contributed by atoms with Gasteiger partial charge in [-0.3, -0.25) is 4.90 Å². The molecule has 5 nitrogen and oxygen atoms in total. The molecule has 0 bridgehead atoms. The van der Waals surface area contributed by atoms with Gasteiger partial charge in [0.05, 0.1) is 6.04 Å². The van der Waals surface area contributed by atoms with Crippen LogP contribution in [-0.2, 0) is 0 Å². The maximum Gasteiger partial charge on any atom is 0.404 e. The van der Waals surface area contributed by atoms with Gasteiger partial charge in [0.2, 0.25) is 0 Å². The van der Waals surface area contributed by atoms with Crippen LogP contribution in [0, 0.1) is 5.92 Å². The van der Waals surface area contributed by atoms with Gasteiger partial charge in [0.25, 0.3) is 0 Å². The van der Waals surface area contributed by atoms with Crippen LogP contribution in [0.15, 0.2) is 0 Å². The Bertz CT molecular complexity index is 305. The molecule has 1 aliphatic carbocycles. The maximum atomic E-state index is 10.5. The minimum Gasteiger partial charge on any atom is -0.465 e. The molecule has 1 saturated carbocycles. The van der Waals surface area contributed by atoms with E-state index in [0.717, 1.165) is 19.0 Å². The molecule has 0 spiro atoms. The standard InChI is InChI=1S/C13H23N3O2/c17-13(18)14-11-8-16(9-11)12-3-5-15(6-4-12)7-10-1-2-10/h10-12,14H,1-9H2,(H,17,18). The quantitative estimate of drug-likeness (QED) is 0.778. The van der Waals surface area contributed by atoms with Crippen molar-refractivity contribution < 1.29 is 9.90 Å². The minimum absolute atomic E-state index is 0.159. The SMILES string of the molecule is O=C(O)NC1CN(C2CCN(CC3CC3)CC2)C1. The number of rotatable bonds is 4. The summed E-state index contributed by atoms with van der Waals surface area (Å²) in [5, 5.41) is 11.2. The van der Waals surface area contributed by atoms with E-state index in [1.807, 2.05) is 0 Å². The number of likely N-dealkylation sites (tertiary alicyclic amines) is 2. The van der Waals surface area contributed by atoms with Gasteiger partial charge in [-0.2, -0.15) is 0 Å². The van der Waals surface area contributed by atoms with Crippen LogP contribution in [0.4, 0.5) is 4.79 Å². The van der Waals surface area contributed by atoms with Crippen LogP contribution >= 0.6 is 0 Å². The van der Waals surface area contributed by atoms with Crippen molar-refractivity contribution in [1.82, 2.24) is 15.1 Å². The molecular formula is C13H23N3O2. The number of carboxylic acid groups (broad SMARTS) is 1. The van der Waals surface area contributed by atoms with Gasteiger partial charge in [0.15, 0.2) is 0 Å². The highest BCUT2D eigenvalue weighted by atomic mass is 16.4. The van der Waals surface area contributed by atoms with E-state index in [-0.39, 0.29) is 6.04 Å². The molecule has 2 saturated heterocycles. The summed E-state index contributed by atoms with van der Waals surface area (Å²) in [4.78, 5) is 15.6. The molecule has 0 unspecified atom stereocenters. The second-order valence-corrected chi connectivity index (χ2v) is 6.08. The van der Waals surface area contributed by atoms with Crippen LogP contribution in [0.5, 0.6) is 0 Å².